The molecule has 4 aromatic rings. The average Bonchev–Trinajstić information content (AvgIpc) is 3.93. The maximum absolute atomic E-state index is 14.7. The number of rotatable bonds is 29. The van der Waals surface area contributed by atoms with Crippen molar-refractivity contribution in [2.24, 2.45) is 5.73 Å². The summed E-state index contributed by atoms with van der Waals surface area (Å²) in [6.45, 7) is 2.25. The van der Waals surface area contributed by atoms with E-state index in [1.165, 1.54) is 38.1 Å². The molecule has 78 heavy (non-hydrogen) atoms. The van der Waals surface area contributed by atoms with Gasteiger partial charge in [0.2, 0.25) is 47.3 Å². The summed E-state index contributed by atoms with van der Waals surface area (Å²) in [5, 5.41) is 58.9. The van der Waals surface area contributed by atoms with Gasteiger partial charge in [-0.1, -0.05) is 103 Å². The van der Waals surface area contributed by atoms with Crippen LogP contribution in [0.2, 0.25) is 0 Å². The van der Waals surface area contributed by atoms with Gasteiger partial charge in [0.1, 0.15) is 42.0 Å². The second-order valence-electron chi connectivity index (χ2n) is 19.3. The van der Waals surface area contributed by atoms with Crippen molar-refractivity contribution in [2.45, 2.75) is 126 Å². The van der Waals surface area contributed by atoms with Gasteiger partial charge in [-0.3, -0.25) is 38.4 Å². The molecule has 0 unspecified atom stereocenters. The van der Waals surface area contributed by atoms with E-state index in [2.05, 4.69) is 37.2 Å². The first-order chi connectivity index (χ1) is 37.3. The molecule has 13 N–H and O–H groups in total. The fraction of sp³-hybridized carbons (Fsp3) is 0.411. The lowest BCUT2D eigenvalue weighted by atomic mass is 10.0. The average molecular weight is 1080 g/mol. The topological polar surface area (TPSA) is 348 Å². The fourth-order valence-electron chi connectivity index (χ4n) is 8.80. The number of aliphatic carboxylic acids is 1. The van der Waals surface area contributed by atoms with E-state index >= 15 is 0 Å². The first-order valence-electron chi connectivity index (χ1n) is 25.9. The zero-order valence-electron chi connectivity index (χ0n) is 43.6. The van der Waals surface area contributed by atoms with E-state index in [0.717, 1.165) is 10.5 Å². The number of likely N-dealkylation sites (tertiary alicyclic amines) is 1. The molecule has 1 saturated heterocycles. The number of hydrogen-bond acceptors (Lipinski definition) is 13. The number of amides is 8. The molecule has 5 rings (SSSR count). The molecule has 0 spiro atoms. The number of carbonyl (C=O) groups is 9. The molecule has 0 bridgehead atoms. The van der Waals surface area contributed by atoms with Gasteiger partial charge in [0, 0.05) is 25.8 Å². The lowest BCUT2D eigenvalue weighted by Gasteiger charge is -2.32. The van der Waals surface area contributed by atoms with Crippen molar-refractivity contribution >= 4 is 53.2 Å². The molecule has 418 valence electrons. The van der Waals surface area contributed by atoms with Gasteiger partial charge < -0.3 is 68.3 Å². The van der Waals surface area contributed by atoms with Crippen molar-refractivity contribution in [3.63, 3.8) is 0 Å². The van der Waals surface area contributed by atoms with E-state index in [1.807, 2.05) is 6.07 Å². The van der Waals surface area contributed by atoms with E-state index in [4.69, 9.17) is 5.73 Å². The Morgan fingerprint density at radius 2 is 1.03 bits per heavy atom. The van der Waals surface area contributed by atoms with E-state index in [9.17, 15) is 63.6 Å². The summed E-state index contributed by atoms with van der Waals surface area (Å²) in [5.41, 5.74) is 8.10. The molecule has 0 aliphatic carbocycles. The summed E-state index contributed by atoms with van der Waals surface area (Å²) in [5.74, 6) is -7.79. The monoisotopic (exact) mass is 1080 g/mol. The van der Waals surface area contributed by atoms with Crippen molar-refractivity contribution in [1.82, 2.24) is 42.1 Å². The normalized spacial score (nSPS) is 16.1. The highest BCUT2D eigenvalue weighted by Crippen LogP contribution is 2.21. The van der Waals surface area contributed by atoms with E-state index in [1.54, 1.807) is 84.9 Å². The standard InChI is InChI=1S/C56H71N9O13/c1-34(66)48(55(76)65-28-14-22-45(65)54(75)60-41(21-12-13-27-57)50(71)64-49(35(2)67)56(77)78)63-53(74)44(31-39-23-25-40(68)26-24-39)62-52(73)43(30-37-17-8-4-9-18-37)61-51(72)42(29-36-15-6-3-7-16-36)59-47(70)33-58-46(69)32-38-19-10-5-11-20-38/h3-11,15-20,23-26,34-35,41-45,48-49,66-68H,12-14,21-22,27-33,57H2,1-2H3,(H,58,69)(H,59,70)(H,60,75)(H,61,72)(H,62,73)(H,63,74)(H,64,71)(H,77,78)/t34-,35-,41+,42+,43+,44+,45+,48+,49+/m1/s1. The second kappa shape index (κ2) is 30.5. The predicted molar refractivity (Wildman–Crippen MR) is 285 cm³/mol. The van der Waals surface area contributed by atoms with Gasteiger partial charge in [-0.2, -0.15) is 0 Å². The Labute approximate surface area is 452 Å². The molecule has 9 atom stereocenters. The molecule has 1 aliphatic rings. The van der Waals surface area contributed by atoms with Crippen LogP contribution >= 0.6 is 0 Å². The van der Waals surface area contributed by atoms with Crippen molar-refractivity contribution in [1.29, 1.82) is 0 Å². The zero-order chi connectivity index (χ0) is 56.7. The lowest BCUT2D eigenvalue weighted by Crippen LogP contribution is -2.62. The number of unbranched alkanes of at least 4 members (excludes halogenated alkanes) is 1. The number of phenols is 1. The minimum absolute atomic E-state index is 0.00627. The quantitative estimate of drug-likeness (QED) is 0.0310. The zero-order valence-corrected chi connectivity index (χ0v) is 43.6. The van der Waals surface area contributed by atoms with Gasteiger partial charge >= 0.3 is 5.97 Å². The molecule has 22 nitrogen and oxygen atoms in total. The van der Waals surface area contributed by atoms with Crippen molar-refractivity contribution in [3.05, 3.63) is 138 Å². The highest BCUT2D eigenvalue weighted by Gasteiger charge is 2.42. The van der Waals surface area contributed by atoms with Crippen LogP contribution in [0.5, 0.6) is 5.75 Å². The molecule has 1 aliphatic heterocycles. The van der Waals surface area contributed by atoms with Crippen LogP contribution in [0.3, 0.4) is 0 Å². The molecule has 4 aromatic carbocycles. The molecule has 0 radical (unpaired) electrons. The highest BCUT2D eigenvalue weighted by molar-refractivity contribution is 5.98. The summed E-state index contributed by atoms with van der Waals surface area (Å²) in [4.78, 5) is 124. The van der Waals surface area contributed by atoms with Crippen molar-refractivity contribution < 1.29 is 63.6 Å². The third-order valence-corrected chi connectivity index (χ3v) is 13.0. The van der Waals surface area contributed by atoms with Gasteiger partial charge in [-0.15, -0.1) is 0 Å². The van der Waals surface area contributed by atoms with Gasteiger partial charge in [0.25, 0.3) is 0 Å². The molecular weight excluding hydrogens is 1010 g/mol. The Bertz CT molecular complexity index is 2640. The Hall–Kier alpha value is -8.21. The molecule has 8 amide bonds. The number of nitrogens with two attached hydrogens (primary N) is 1. The predicted octanol–water partition coefficient (Wildman–Crippen LogP) is -0.346. The van der Waals surface area contributed by atoms with Gasteiger partial charge in [-0.05, 0) is 86.9 Å². The maximum Gasteiger partial charge on any atom is 0.328 e. The summed E-state index contributed by atoms with van der Waals surface area (Å²) in [6, 6.07) is 22.1. The minimum atomic E-state index is -1.69. The maximum atomic E-state index is 14.7. The number of aliphatic hydroxyl groups excluding tert-OH is 2. The van der Waals surface area contributed by atoms with Crippen LogP contribution in [-0.2, 0) is 68.8 Å². The van der Waals surface area contributed by atoms with Gasteiger partial charge in [0.05, 0.1) is 25.2 Å². The number of phenolic OH excluding ortho intramolecular Hbond substituents is 1. The van der Waals surface area contributed by atoms with Crippen LogP contribution in [0.15, 0.2) is 115 Å². The van der Waals surface area contributed by atoms with Crippen LogP contribution in [0, 0.1) is 0 Å². The Morgan fingerprint density at radius 3 is 1.53 bits per heavy atom. The first kappa shape index (κ1) is 60.7. The second-order valence-corrected chi connectivity index (χ2v) is 19.3. The molecule has 1 heterocycles. The van der Waals surface area contributed by atoms with E-state index in [-0.39, 0.29) is 57.4 Å². The van der Waals surface area contributed by atoms with Crippen LogP contribution in [0.4, 0.5) is 0 Å². The number of carbonyl (C=O) groups excluding carboxylic acids is 8. The van der Waals surface area contributed by atoms with E-state index in [0.29, 0.717) is 36.0 Å². The van der Waals surface area contributed by atoms with Crippen LogP contribution < -0.4 is 43.0 Å². The smallest absolute Gasteiger partial charge is 0.328 e. The number of aliphatic hydroxyl groups is 2. The number of hydrogen-bond donors (Lipinski definition) is 12. The van der Waals surface area contributed by atoms with Crippen molar-refractivity contribution in [3.8, 4) is 5.75 Å². The van der Waals surface area contributed by atoms with Gasteiger partial charge in [-0.25, -0.2) is 4.79 Å². The summed E-state index contributed by atoms with van der Waals surface area (Å²) >= 11 is 0. The first-order valence-corrected chi connectivity index (χ1v) is 25.9. The van der Waals surface area contributed by atoms with E-state index < -0.39 is 114 Å². The molecule has 0 aromatic heterocycles. The summed E-state index contributed by atoms with van der Waals surface area (Å²) in [6.07, 6.45) is -2.08. The summed E-state index contributed by atoms with van der Waals surface area (Å²) in [7, 11) is 0. The lowest BCUT2D eigenvalue weighted by molar-refractivity contribution is -0.146. The Kier molecular flexibility index (Phi) is 23.7. The van der Waals surface area contributed by atoms with Gasteiger partial charge in [0.15, 0.2) is 6.04 Å². The molecule has 1 fully saturated rings. The molecule has 0 saturated carbocycles. The number of nitrogens with one attached hydrogen (secondary N) is 7. The number of aromatic hydroxyl groups is 1. The van der Waals surface area contributed by atoms with Crippen molar-refractivity contribution in [2.75, 3.05) is 19.6 Å². The van der Waals surface area contributed by atoms with Crippen LogP contribution in [0.1, 0.15) is 68.2 Å². The summed E-state index contributed by atoms with van der Waals surface area (Å²) < 4.78 is 0. The third-order valence-electron chi connectivity index (χ3n) is 13.0. The largest absolute Gasteiger partial charge is 0.508 e. The number of benzene rings is 4. The molecule has 22 heteroatoms. The number of nitrogens with zero attached hydrogens (tertiary/aromatic N) is 1. The molecular formula is C56H71N9O13. The third kappa shape index (κ3) is 19.1. The SMILES string of the molecule is C[C@@H](O)[C@H](NC(=O)[C@H](CCCCN)NC(=O)[C@@H]1CCCN1C(=O)[C@@H](NC(=O)[C@H](Cc1ccc(O)cc1)NC(=O)[C@H](Cc1ccccc1)NC(=O)[C@H](Cc1ccccc1)NC(=O)CNC(=O)Cc1ccccc1)[C@@H](C)O)C(=O)O. The van der Waals surface area contributed by atoms with Crippen LogP contribution in [0.25, 0.3) is 0 Å². The Balaban J connectivity index is 1.37. The minimum Gasteiger partial charge on any atom is -0.508 e. The number of carboxylic acid groups (broad SMARTS) is 1. The van der Waals surface area contributed by atoms with Crippen LogP contribution in [-0.4, -0.2) is 153 Å². The fourth-order valence-corrected chi connectivity index (χ4v) is 8.80. The Morgan fingerprint density at radius 1 is 0.564 bits per heavy atom. The number of carboxylic acids is 1. The highest BCUT2D eigenvalue weighted by atomic mass is 16.4.